The summed E-state index contributed by atoms with van der Waals surface area (Å²) in [5.74, 6) is 0.585. The summed E-state index contributed by atoms with van der Waals surface area (Å²) < 4.78 is 6.94. The maximum atomic E-state index is 13.5. The van der Waals surface area contributed by atoms with Crippen LogP contribution in [0.5, 0.6) is 5.75 Å². The molecule has 0 spiro atoms. The van der Waals surface area contributed by atoms with Crippen molar-refractivity contribution in [2.45, 2.75) is 34.2 Å². The molecule has 158 valence electrons. The van der Waals surface area contributed by atoms with E-state index in [0.717, 1.165) is 10.9 Å². The van der Waals surface area contributed by atoms with Crippen LogP contribution in [0.3, 0.4) is 0 Å². The first-order chi connectivity index (χ1) is 14.2. The van der Waals surface area contributed by atoms with Gasteiger partial charge in [0.05, 0.1) is 12.6 Å². The number of carbonyl (C=O) groups is 1. The minimum Gasteiger partial charge on any atom is -0.497 e. The second kappa shape index (κ2) is 8.74. The highest BCUT2D eigenvalue weighted by atomic mass is 16.5. The zero-order valence-electron chi connectivity index (χ0n) is 18.4. The predicted molar refractivity (Wildman–Crippen MR) is 122 cm³/mol. The molecule has 1 heterocycles. The maximum absolute atomic E-state index is 13.5. The minimum atomic E-state index is -0.179. The molecule has 0 atom stereocenters. The Morgan fingerprint density at radius 3 is 2.37 bits per heavy atom. The van der Waals surface area contributed by atoms with Gasteiger partial charge in [-0.15, -0.1) is 0 Å². The summed E-state index contributed by atoms with van der Waals surface area (Å²) in [6, 6.07) is 17.1. The zero-order chi connectivity index (χ0) is 21.9. The molecule has 5 nitrogen and oxygen atoms in total. The number of fused-ring (bicyclic) bond motifs is 1. The van der Waals surface area contributed by atoms with E-state index in [2.05, 4.69) is 20.8 Å². The Bertz CT molecular complexity index is 1100. The first kappa shape index (κ1) is 21.6. The number of amides is 1. The van der Waals surface area contributed by atoms with Gasteiger partial charge in [0.15, 0.2) is 0 Å². The van der Waals surface area contributed by atoms with Gasteiger partial charge in [-0.3, -0.25) is 14.2 Å². The van der Waals surface area contributed by atoms with Crippen molar-refractivity contribution in [2.75, 3.05) is 20.2 Å². The number of rotatable bonds is 6. The van der Waals surface area contributed by atoms with E-state index in [-0.39, 0.29) is 23.4 Å². The quantitative estimate of drug-likeness (QED) is 0.602. The van der Waals surface area contributed by atoms with Crippen LogP contribution in [0.1, 0.15) is 27.7 Å². The number of carbonyl (C=O) groups excluding carboxylic acids is 1. The highest BCUT2D eigenvalue weighted by Crippen LogP contribution is 2.25. The summed E-state index contributed by atoms with van der Waals surface area (Å²) in [7, 11) is 1.59. The second-order valence-electron chi connectivity index (χ2n) is 8.71. The molecule has 0 aliphatic heterocycles. The Hall–Kier alpha value is -3.08. The van der Waals surface area contributed by atoms with Gasteiger partial charge in [0, 0.05) is 24.7 Å². The monoisotopic (exact) mass is 406 g/mol. The summed E-state index contributed by atoms with van der Waals surface area (Å²) in [5.41, 5.74) is 1.91. The largest absolute Gasteiger partial charge is 0.497 e. The third-order valence-corrected chi connectivity index (χ3v) is 5.08. The maximum Gasteiger partial charge on any atom is 0.259 e. The fourth-order valence-corrected chi connectivity index (χ4v) is 3.64. The molecular formula is C25H30N2O3. The summed E-state index contributed by atoms with van der Waals surface area (Å²) >= 11 is 0. The van der Waals surface area contributed by atoms with E-state index < -0.39 is 0 Å². The van der Waals surface area contributed by atoms with E-state index in [1.54, 1.807) is 11.7 Å². The Morgan fingerprint density at radius 1 is 1.07 bits per heavy atom. The van der Waals surface area contributed by atoms with Gasteiger partial charge in [0.25, 0.3) is 5.56 Å². The van der Waals surface area contributed by atoms with Crippen molar-refractivity contribution >= 4 is 16.8 Å². The van der Waals surface area contributed by atoms with Gasteiger partial charge in [0.1, 0.15) is 12.3 Å². The summed E-state index contributed by atoms with van der Waals surface area (Å²) in [4.78, 5) is 28.4. The molecule has 30 heavy (non-hydrogen) atoms. The van der Waals surface area contributed by atoms with Gasteiger partial charge in [-0.2, -0.15) is 0 Å². The van der Waals surface area contributed by atoms with Crippen LogP contribution in [-0.4, -0.2) is 35.6 Å². The lowest BCUT2D eigenvalue weighted by molar-refractivity contribution is -0.132. The number of methoxy groups -OCH3 is 1. The van der Waals surface area contributed by atoms with E-state index in [9.17, 15) is 9.59 Å². The SMILES string of the molecule is CCN(CC(C)(C)C)C(=O)Cn1c(=O)c(-c2ccccc2)cc2ccc(OC)cc21. The smallest absolute Gasteiger partial charge is 0.259 e. The molecular weight excluding hydrogens is 376 g/mol. The molecule has 0 aliphatic rings. The lowest BCUT2D eigenvalue weighted by atomic mass is 9.96. The van der Waals surface area contributed by atoms with Gasteiger partial charge in [-0.25, -0.2) is 0 Å². The van der Waals surface area contributed by atoms with Crippen molar-refractivity contribution in [3.63, 3.8) is 0 Å². The van der Waals surface area contributed by atoms with Crippen LogP contribution in [0.25, 0.3) is 22.0 Å². The number of benzene rings is 2. The Labute approximate surface area is 177 Å². The van der Waals surface area contributed by atoms with Crippen LogP contribution in [0, 0.1) is 5.41 Å². The molecule has 3 rings (SSSR count). The van der Waals surface area contributed by atoms with Gasteiger partial charge >= 0.3 is 0 Å². The van der Waals surface area contributed by atoms with Crippen LogP contribution < -0.4 is 10.3 Å². The van der Waals surface area contributed by atoms with Gasteiger partial charge in [-0.1, -0.05) is 51.1 Å². The predicted octanol–water partition coefficient (Wildman–Crippen LogP) is 4.57. The molecule has 5 heteroatoms. The van der Waals surface area contributed by atoms with Crippen molar-refractivity contribution in [1.82, 2.24) is 9.47 Å². The minimum absolute atomic E-state index is 0.00685. The molecule has 2 aromatic carbocycles. The lowest BCUT2D eigenvalue weighted by Crippen LogP contribution is -2.41. The van der Waals surface area contributed by atoms with Crippen LogP contribution in [0.4, 0.5) is 0 Å². The lowest BCUT2D eigenvalue weighted by Gasteiger charge is -2.29. The van der Waals surface area contributed by atoms with Gasteiger partial charge in [0.2, 0.25) is 5.91 Å². The highest BCUT2D eigenvalue weighted by Gasteiger charge is 2.22. The van der Waals surface area contributed by atoms with Crippen molar-refractivity contribution in [1.29, 1.82) is 0 Å². The average molecular weight is 407 g/mol. The molecule has 1 aromatic heterocycles. The topological polar surface area (TPSA) is 51.5 Å². The Morgan fingerprint density at radius 2 is 1.77 bits per heavy atom. The average Bonchev–Trinajstić information content (AvgIpc) is 2.73. The number of hydrogen-bond donors (Lipinski definition) is 0. The van der Waals surface area contributed by atoms with E-state index in [4.69, 9.17) is 4.74 Å². The molecule has 0 saturated heterocycles. The molecule has 0 fully saturated rings. The van der Waals surface area contributed by atoms with E-state index in [1.165, 1.54) is 0 Å². The summed E-state index contributed by atoms with van der Waals surface area (Å²) in [5, 5.41) is 0.890. The fourth-order valence-electron chi connectivity index (χ4n) is 3.64. The third-order valence-electron chi connectivity index (χ3n) is 5.08. The number of pyridine rings is 1. The molecule has 0 unspecified atom stereocenters. The number of nitrogens with zero attached hydrogens (tertiary/aromatic N) is 2. The van der Waals surface area contributed by atoms with Crippen LogP contribution in [0.2, 0.25) is 0 Å². The number of likely N-dealkylation sites (N-methyl/N-ethyl adjacent to an activating group) is 1. The normalized spacial score (nSPS) is 11.5. The Balaban J connectivity index is 2.14. The summed E-state index contributed by atoms with van der Waals surface area (Å²) in [6.45, 7) is 9.50. The zero-order valence-corrected chi connectivity index (χ0v) is 18.4. The Kier molecular flexibility index (Phi) is 6.30. The standard InChI is InChI=1S/C25H30N2O3/c1-6-26(17-25(2,3)4)23(28)16-27-22-15-20(30-5)13-12-19(22)14-21(24(27)29)18-10-8-7-9-11-18/h7-15H,6,16-17H2,1-5H3. The van der Waals surface area contributed by atoms with E-state index >= 15 is 0 Å². The molecule has 1 amide bonds. The van der Waals surface area contributed by atoms with Crippen LogP contribution in [0.15, 0.2) is 59.4 Å². The van der Waals surface area contributed by atoms with E-state index in [0.29, 0.717) is 29.9 Å². The highest BCUT2D eigenvalue weighted by molar-refractivity contribution is 5.87. The molecule has 0 radical (unpaired) electrons. The van der Waals surface area contributed by atoms with Crippen molar-refractivity contribution < 1.29 is 9.53 Å². The first-order valence-corrected chi connectivity index (χ1v) is 10.3. The fraction of sp³-hybridized carbons (Fsp3) is 0.360. The molecule has 0 aliphatic carbocycles. The number of ether oxygens (including phenoxy) is 1. The molecule has 3 aromatic rings. The summed E-state index contributed by atoms with van der Waals surface area (Å²) in [6.07, 6.45) is 0. The van der Waals surface area contributed by atoms with Crippen molar-refractivity contribution in [3.8, 4) is 16.9 Å². The number of hydrogen-bond acceptors (Lipinski definition) is 3. The molecule has 0 saturated carbocycles. The van der Waals surface area contributed by atoms with Crippen LogP contribution >= 0.6 is 0 Å². The number of aromatic nitrogens is 1. The molecule has 0 bridgehead atoms. The van der Waals surface area contributed by atoms with Crippen molar-refractivity contribution in [3.05, 3.63) is 65.0 Å². The third kappa shape index (κ3) is 4.73. The van der Waals surface area contributed by atoms with Gasteiger partial charge < -0.3 is 9.64 Å². The van der Waals surface area contributed by atoms with E-state index in [1.807, 2.05) is 66.4 Å². The first-order valence-electron chi connectivity index (χ1n) is 10.3. The molecule has 0 N–H and O–H groups in total. The van der Waals surface area contributed by atoms with Gasteiger partial charge in [-0.05, 0) is 41.5 Å². The second-order valence-corrected chi connectivity index (χ2v) is 8.71. The van der Waals surface area contributed by atoms with Crippen molar-refractivity contribution in [2.24, 2.45) is 5.41 Å². The van der Waals surface area contributed by atoms with Crippen LogP contribution in [-0.2, 0) is 11.3 Å².